The van der Waals surface area contributed by atoms with Gasteiger partial charge in [0.25, 0.3) is 15.7 Å². The lowest BCUT2D eigenvalue weighted by atomic mass is 10.2. The third kappa shape index (κ3) is 4.57. The number of benzene rings is 1. The summed E-state index contributed by atoms with van der Waals surface area (Å²) in [6, 6.07) is 1.70. The van der Waals surface area contributed by atoms with E-state index < -0.39 is 31.4 Å². The number of hydrogen-bond donors (Lipinski definition) is 2. The van der Waals surface area contributed by atoms with E-state index in [0.717, 1.165) is 25.0 Å². The lowest BCUT2D eigenvalue weighted by molar-refractivity contribution is -0.384. The highest BCUT2D eigenvalue weighted by atomic mass is 35.5. The van der Waals surface area contributed by atoms with Crippen molar-refractivity contribution in [3.63, 3.8) is 0 Å². The molecule has 0 aliphatic carbocycles. The molecule has 1 amide bonds. The topological polar surface area (TPSA) is 132 Å². The van der Waals surface area contributed by atoms with Gasteiger partial charge in [0.2, 0.25) is 5.91 Å². The average Bonchev–Trinajstić information content (AvgIpc) is 2.37. The van der Waals surface area contributed by atoms with Gasteiger partial charge in [0, 0.05) is 12.5 Å². The molecular weight excluding hydrogens is 334 g/mol. The number of carbonyl (C=O) groups excluding carboxylic acids is 1. The van der Waals surface area contributed by atoms with Crippen molar-refractivity contribution in [2.24, 2.45) is 0 Å². The Morgan fingerprint density at radius 1 is 1.41 bits per heavy atom. The number of nitrogen functional groups attached to an aromatic ring is 1. The van der Waals surface area contributed by atoms with Crippen molar-refractivity contribution < 1.29 is 18.1 Å². The Bertz CT molecular complexity index is 690. The van der Waals surface area contributed by atoms with Gasteiger partial charge in [0.1, 0.15) is 10.6 Å². The summed E-state index contributed by atoms with van der Waals surface area (Å²) in [5.41, 5.74) is 4.55. The lowest BCUT2D eigenvalue weighted by Gasteiger charge is -2.09. The molecule has 0 atom stereocenters. The van der Waals surface area contributed by atoms with E-state index in [1.165, 1.54) is 0 Å². The van der Waals surface area contributed by atoms with Gasteiger partial charge < -0.3 is 5.73 Å². The Balaban J connectivity index is 3.05. The van der Waals surface area contributed by atoms with Crippen LogP contribution in [0.5, 0.6) is 0 Å². The van der Waals surface area contributed by atoms with Crippen LogP contribution < -0.4 is 10.5 Å². The number of nitrogens with two attached hydrogens (primary N) is 1. The van der Waals surface area contributed by atoms with Gasteiger partial charge in [-0.3, -0.25) is 14.9 Å². The Morgan fingerprint density at radius 3 is 2.59 bits per heavy atom. The van der Waals surface area contributed by atoms with Crippen LogP contribution in [0.2, 0.25) is 5.02 Å². The molecule has 0 aromatic heterocycles. The van der Waals surface area contributed by atoms with Gasteiger partial charge in [-0.15, -0.1) is 0 Å². The second-order valence-electron chi connectivity index (χ2n) is 4.58. The van der Waals surface area contributed by atoms with Crippen molar-refractivity contribution in [3.8, 4) is 0 Å². The number of anilines is 1. The third-order valence-electron chi connectivity index (χ3n) is 2.82. The molecule has 0 spiro atoms. The molecule has 122 valence electrons. The molecule has 0 fully saturated rings. The van der Waals surface area contributed by atoms with E-state index >= 15 is 0 Å². The Labute approximate surface area is 132 Å². The first-order valence-electron chi connectivity index (χ1n) is 6.48. The van der Waals surface area contributed by atoms with Crippen LogP contribution in [-0.4, -0.2) is 19.2 Å². The predicted molar refractivity (Wildman–Crippen MR) is 82.0 cm³/mol. The number of halogens is 1. The summed E-state index contributed by atoms with van der Waals surface area (Å²) in [5, 5.41) is 10.5. The van der Waals surface area contributed by atoms with Gasteiger partial charge in [-0.2, -0.15) is 0 Å². The fourth-order valence-electron chi connectivity index (χ4n) is 1.71. The van der Waals surface area contributed by atoms with Crippen molar-refractivity contribution >= 4 is 38.9 Å². The normalized spacial score (nSPS) is 11.2. The first-order valence-corrected chi connectivity index (χ1v) is 8.34. The van der Waals surface area contributed by atoms with E-state index in [0.29, 0.717) is 6.42 Å². The summed E-state index contributed by atoms with van der Waals surface area (Å²) in [5.74, 6) is -0.691. The number of rotatable bonds is 7. The Kier molecular flexibility index (Phi) is 6.12. The maximum absolute atomic E-state index is 12.1. The fraction of sp³-hybridized carbons (Fsp3) is 0.417. The molecule has 0 radical (unpaired) electrons. The van der Waals surface area contributed by atoms with Crippen LogP contribution in [0, 0.1) is 10.1 Å². The van der Waals surface area contributed by atoms with Gasteiger partial charge >= 0.3 is 0 Å². The molecule has 0 saturated carbocycles. The molecule has 0 heterocycles. The molecule has 22 heavy (non-hydrogen) atoms. The zero-order valence-electron chi connectivity index (χ0n) is 11.8. The Morgan fingerprint density at radius 2 is 2.05 bits per heavy atom. The highest BCUT2D eigenvalue weighted by molar-refractivity contribution is 7.90. The summed E-state index contributed by atoms with van der Waals surface area (Å²) in [6.45, 7) is 1.95. The molecule has 0 aliphatic heterocycles. The first kappa shape index (κ1) is 18.2. The molecule has 3 N–H and O–H groups in total. The minimum absolute atomic E-state index is 0.0434. The number of nitrogens with zero attached hydrogens (tertiary/aromatic N) is 1. The molecular formula is C12H16ClN3O5S. The summed E-state index contributed by atoms with van der Waals surface area (Å²) in [7, 11) is -4.29. The highest BCUT2D eigenvalue weighted by Gasteiger charge is 2.25. The molecule has 0 bridgehead atoms. The van der Waals surface area contributed by atoms with E-state index in [1.54, 1.807) is 0 Å². The van der Waals surface area contributed by atoms with E-state index in [2.05, 4.69) is 0 Å². The molecule has 1 aromatic carbocycles. The predicted octanol–water partition coefficient (Wildman–Crippen LogP) is 2.22. The smallest absolute Gasteiger partial charge is 0.293 e. The number of sulfonamides is 1. The van der Waals surface area contributed by atoms with Gasteiger partial charge in [0.05, 0.1) is 9.95 Å². The van der Waals surface area contributed by atoms with Gasteiger partial charge in [-0.1, -0.05) is 31.4 Å². The molecule has 1 aromatic rings. The SMILES string of the molecule is CCCCCC(=O)NS(=O)(=O)c1cc([N+](=O)[O-])c(N)cc1Cl. The van der Waals surface area contributed by atoms with Crippen molar-refractivity contribution in [1.82, 2.24) is 4.72 Å². The lowest BCUT2D eigenvalue weighted by Crippen LogP contribution is -2.30. The second-order valence-corrected chi connectivity index (χ2v) is 6.64. The second kappa shape index (κ2) is 7.41. The molecule has 0 saturated heterocycles. The zero-order chi connectivity index (χ0) is 16.9. The van der Waals surface area contributed by atoms with E-state index in [4.69, 9.17) is 17.3 Å². The van der Waals surface area contributed by atoms with E-state index in [1.807, 2.05) is 11.6 Å². The summed E-state index contributed by atoms with van der Waals surface area (Å²) >= 11 is 5.77. The van der Waals surface area contributed by atoms with Crippen LogP contribution in [0.3, 0.4) is 0 Å². The largest absolute Gasteiger partial charge is 0.393 e. The van der Waals surface area contributed by atoms with E-state index in [9.17, 15) is 23.3 Å². The molecule has 1 rings (SSSR count). The molecule has 0 aliphatic rings. The maximum Gasteiger partial charge on any atom is 0.293 e. The number of hydrogen-bond acceptors (Lipinski definition) is 6. The molecule has 8 nitrogen and oxygen atoms in total. The molecule has 0 unspecified atom stereocenters. The third-order valence-corrected chi connectivity index (χ3v) is 4.66. The van der Waals surface area contributed by atoms with Crippen LogP contribution in [0.15, 0.2) is 17.0 Å². The van der Waals surface area contributed by atoms with Crippen molar-refractivity contribution in [2.75, 3.05) is 5.73 Å². The highest BCUT2D eigenvalue weighted by Crippen LogP contribution is 2.31. The standard InChI is InChI=1S/C12H16ClN3O5S/c1-2-3-4-5-12(17)15-22(20,21)11-7-10(16(18)19)9(14)6-8(11)13/h6-7H,2-5,14H2,1H3,(H,15,17). The first-order chi connectivity index (χ1) is 10.2. The average molecular weight is 350 g/mol. The van der Waals surface area contributed by atoms with Crippen LogP contribution in [-0.2, 0) is 14.8 Å². The number of amides is 1. The van der Waals surface area contributed by atoms with Crippen LogP contribution in [0.25, 0.3) is 0 Å². The number of unbranched alkanes of at least 4 members (excludes halogenated alkanes) is 2. The Hall–Kier alpha value is -1.87. The summed E-state index contributed by atoms with van der Waals surface area (Å²) < 4.78 is 26.0. The van der Waals surface area contributed by atoms with E-state index in [-0.39, 0.29) is 17.1 Å². The summed E-state index contributed by atoms with van der Waals surface area (Å²) in [4.78, 5) is 21.0. The quantitative estimate of drug-likeness (QED) is 0.335. The van der Waals surface area contributed by atoms with Crippen LogP contribution in [0.4, 0.5) is 11.4 Å². The molecule has 10 heteroatoms. The van der Waals surface area contributed by atoms with Crippen LogP contribution in [0.1, 0.15) is 32.6 Å². The monoisotopic (exact) mass is 349 g/mol. The summed E-state index contributed by atoms with van der Waals surface area (Å²) in [6.07, 6.45) is 2.27. The van der Waals surface area contributed by atoms with Crippen molar-refractivity contribution in [3.05, 3.63) is 27.3 Å². The zero-order valence-corrected chi connectivity index (χ0v) is 13.4. The van der Waals surface area contributed by atoms with Gasteiger partial charge in [-0.05, 0) is 12.5 Å². The van der Waals surface area contributed by atoms with Crippen molar-refractivity contribution in [1.29, 1.82) is 0 Å². The van der Waals surface area contributed by atoms with Gasteiger partial charge in [0.15, 0.2) is 0 Å². The van der Waals surface area contributed by atoms with Crippen molar-refractivity contribution in [2.45, 2.75) is 37.5 Å². The minimum Gasteiger partial charge on any atom is -0.393 e. The van der Waals surface area contributed by atoms with Gasteiger partial charge in [-0.25, -0.2) is 13.1 Å². The van der Waals surface area contributed by atoms with Crippen LogP contribution >= 0.6 is 11.6 Å². The number of nitro groups is 1. The number of nitro benzene ring substituents is 1. The fourth-order valence-corrected chi connectivity index (χ4v) is 3.28. The number of nitrogens with one attached hydrogen (secondary N) is 1. The maximum atomic E-state index is 12.1. The number of carbonyl (C=O) groups is 1. The minimum atomic E-state index is -4.29.